The number of phenols is 1. The molecule has 1 fully saturated rings. The second-order valence-corrected chi connectivity index (χ2v) is 12.8. The van der Waals surface area contributed by atoms with E-state index in [1.807, 2.05) is 6.07 Å². The van der Waals surface area contributed by atoms with Gasteiger partial charge in [0.05, 0.1) is 12.2 Å². The number of hydrogen-bond acceptors (Lipinski definition) is 5. The van der Waals surface area contributed by atoms with Gasteiger partial charge in [-0.15, -0.1) is 0 Å². The van der Waals surface area contributed by atoms with Gasteiger partial charge in [0.25, 0.3) is 0 Å². The van der Waals surface area contributed by atoms with Gasteiger partial charge in [-0.2, -0.15) is 0 Å². The fourth-order valence-corrected chi connectivity index (χ4v) is 6.78. The molecule has 0 aromatic heterocycles. The number of β-amino-alcohol motifs (C(OH)–C–C–N with tert-alkyl or cyclic N) is 2. The summed E-state index contributed by atoms with van der Waals surface area (Å²) in [7, 11) is 0. The highest BCUT2D eigenvalue weighted by molar-refractivity contribution is 5.54. The minimum atomic E-state index is -0.547. The lowest BCUT2D eigenvalue weighted by molar-refractivity contribution is 0.00366. The zero-order chi connectivity index (χ0) is 26.1. The van der Waals surface area contributed by atoms with Crippen LogP contribution >= 0.6 is 0 Å². The van der Waals surface area contributed by atoms with Gasteiger partial charge in [0.2, 0.25) is 0 Å². The van der Waals surface area contributed by atoms with Crippen LogP contribution in [0.1, 0.15) is 109 Å². The van der Waals surface area contributed by atoms with E-state index in [4.69, 9.17) is 4.74 Å². The van der Waals surface area contributed by atoms with E-state index in [-0.39, 0.29) is 29.0 Å². The Morgan fingerprint density at radius 2 is 1.97 bits per heavy atom. The predicted molar refractivity (Wildman–Crippen MR) is 146 cm³/mol. The molecule has 0 amide bonds. The molecular weight excluding hydrogens is 450 g/mol. The maximum atomic E-state index is 11.3. The summed E-state index contributed by atoms with van der Waals surface area (Å²) in [5.74, 6) is 1.51. The molecule has 2 heterocycles. The maximum absolute atomic E-state index is 11.3. The summed E-state index contributed by atoms with van der Waals surface area (Å²) in [6.07, 6.45) is 10.8. The molecule has 3 N–H and O–H groups in total. The average molecular weight is 500 g/mol. The number of phenolic OH excluding ortho intramolecular Hbond substituents is 1. The zero-order valence-corrected chi connectivity index (χ0v) is 23.2. The molecule has 202 valence electrons. The van der Waals surface area contributed by atoms with E-state index in [9.17, 15) is 15.3 Å². The lowest BCUT2D eigenvalue weighted by Gasteiger charge is -2.48. The second-order valence-electron chi connectivity index (χ2n) is 12.8. The van der Waals surface area contributed by atoms with E-state index in [1.54, 1.807) is 0 Å². The molecule has 2 unspecified atom stereocenters. The molecule has 4 atom stereocenters. The third-order valence-electron chi connectivity index (χ3n) is 9.11. The number of allylic oxidation sites excluding steroid dienone is 1. The molecule has 0 bridgehead atoms. The van der Waals surface area contributed by atoms with Crippen molar-refractivity contribution in [2.75, 3.05) is 19.6 Å². The van der Waals surface area contributed by atoms with Crippen molar-refractivity contribution < 1.29 is 20.1 Å². The van der Waals surface area contributed by atoms with Crippen LogP contribution in [-0.4, -0.2) is 57.7 Å². The van der Waals surface area contributed by atoms with Crippen LogP contribution in [0.15, 0.2) is 23.8 Å². The molecule has 2 aliphatic heterocycles. The fourth-order valence-electron chi connectivity index (χ4n) is 6.78. The Hall–Kier alpha value is -1.56. The quantitative estimate of drug-likeness (QED) is 0.285. The smallest absolute Gasteiger partial charge is 0.127 e. The van der Waals surface area contributed by atoms with Crippen molar-refractivity contribution in [1.82, 2.24) is 4.90 Å². The Morgan fingerprint density at radius 3 is 2.69 bits per heavy atom. The van der Waals surface area contributed by atoms with Crippen LogP contribution in [0, 0.1) is 5.92 Å². The lowest BCUT2D eigenvalue weighted by Crippen LogP contribution is -2.47. The minimum absolute atomic E-state index is 0.0303. The molecule has 4 rings (SSSR count). The van der Waals surface area contributed by atoms with Crippen LogP contribution in [-0.2, 0) is 5.41 Å². The molecule has 1 saturated heterocycles. The van der Waals surface area contributed by atoms with Crippen LogP contribution in [0.4, 0.5) is 0 Å². The Labute approximate surface area is 218 Å². The number of aromatic hydroxyl groups is 1. The van der Waals surface area contributed by atoms with Gasteiger partial charge in [0.15, 0.2) is 0 Å². The average Bonchev–Trinajstić information content (AvgIpc) is 2.81. The van der Waals surface area contributed by atoms with Crippen molar-refractivity contribution in [3.8, 4) is 11.5 Å². The predicted octanol–water partition coefficient (Wildman–Crippen LogP) is 6.05. The summed E-state index contributed by atoms with van der Waals surface area (Å²) in [6.45, 7) is 13.2. The highest BCUT2D eigenvalue weighted by Crippen LogP contribution is 2.55. The van der Waals surface area contributed by atoms with Gasteiger partial charge in [-0.3, -0.25) is 4.90 Å². The Balaban J connectivity index is 1.55. The van der Waals surface area contributed by atoms with Crippen LogP contribution < -0.4 is 4.74 Å². The van der Waals surface area contributed by atoms with Gasteiger partial charge in [-0.1, -0.05) is 52.5 Å². The Kier molecular flexibility index (Phi) is 8.43. The number of benzene rings is 1. The first kappa shape index (κ1) is 27.5. The molecule has 3 aliphatic rings. The minimum Gasteiger partial charge on any atom is -0.508 e. The normalized spacial score (nSPS) is 27.0. The van der Waals surface area contributed by atoms with Crippen LogP contribution in [0.3, 0.4) is 0 Å². The number of unbranched alkanes of at least 4 members (excludes halogenated alkanes) is 3. The van der Waals surface area contributed by atoms with Gasteiger partial charge >= 0.3 is 0 Å². The largest absolute Gasteiger partial charge is 0.508 e. The van der Waals surface area contributed by atoms with Gasteiger partial charge in [-0.05, 0) is 81.2 Å². The number of nitrogens with zero attached hydrogens (tertiary/aromatic N) is 1. The van der Waals surface area contributed by atoms with Crippen molar-refractivity contribution in [2.24, 2.45) is 5.92 Å². The number of aliphatic hydroxyl groups is 2. The van der Waals surface area contributed by atoms with E-state index in [1.165, 1.54) is 25.7 Å². The summed E-state index contributed by atoms with van der Waals surface area (Å²) in [5, 5.41) is 32.5. The molecule has 1 aromatic carbocycles. The zero-order valence-electron chi connectivity index (χ0n) is 23.2. The SMILES string of the molecule is CCCCCCC(C)(C)c1cc(O)c2c(c1)OC(C)(C)[C@@H]1CC=C(C(O)CN3CCCC(O)C3)C[C@@H]21. The number of hydrogen-bond donors (Lipinski definition) is 3. The van der Waals surface area contributed by atoms with Crippen molar-refractivity contribution in [3.63, 3.8) is 0 Å². The molecule has 1 aromatic rings. The molecule has 1 aliphatic carbocycles. The summed E-state index contributed by atoms with van der Waals surface area (Å²) in [4.78, 5) is 2.18. The van der Waals surface area contributed by atoms with Crippen molar-refractivity contribution in [1.29, 1.82) is 0 Å². The number of likely N-dealkylation sites (tertiary alicyclic amines) is 1. The molecule has 5 heteroatoms. The highest BCUT2D eigenvalue weighted by atomic mass is 16.5. The third kappa shape index (κ3) is 5.95. The summed E-state index contributed by atoms with van der Waals surface area (Å²) >= 11 is 0. The van der Waals surface area contributed by atoms with Crippen molar-refractivity contribution in [3.05, 3.63) is 34.9 Å². The van der Waals surface area contributed by atoms with Gasteiger partial charge in [-0.25, -0.2) is 0 Å². The lowest BCUT2D eigenvalue weighted by atomic mass is 9.66. The first-order valence-electron chi connectivity index (χ1n) is 14.4. The van der Waals surface area contributed by atoms with Gasteiger partial charge in [0.1, 0.15) is 17.1 Å². The van der Waals surface area contributed by atoms with E-state index in [0.29, 0.717) is 18.8 Å². The van der Waals surface area contributed by atoms with Crippen LogP contribution in [0.5, 0.6) is 11.5 Å². The number of rotatable bonds is 9. The van der Waals surface area contributed by atoms with E-state index >= 15 is 0 Å². The second kappa shape index (κ2) is 11.0. The molecule has 0 radical (unpaired) electrons. The van der Waals surface area contributed by atoms with E-state index in [2.05, 4.69) is 51.7 Å². The molecule has 5 nitrogen and oxygen atoms in total. The number of aliphatic hydroxyl groups excluding tert-OH is 2. The van der Waals surface area contributed by atoms with E-state index < -0.39 is 6.10 Å². The van der Waals surface area contributed by atoms with Crippen LogP contribution in [0.25, 0.3) is 0 Å². The van der Waals surface area contributed by atoms with Crippen molar-refractivity contribution in [2.45, 2.75) is 122 Å². The third-order valence-corrected chi connectivity index (χ3v) is 9.11. The van der Waals surface area contributed by atoms with Crippen molar-refractivity contribution >= 4 is 0 Å². The number of piperidine rings is 1. The number of fused-ring (bicyclic) bond motifs is 3. The summed E-state index contributed by atoms with van der Waals surface area (Å²) in [6, 6.07) is 4.15. The van der Waals surface area contributed by atoms with Crippen LogP contribution in [0.2, 0.25) is 0 Å². The molecule has 36 heavy (non-hydrogen) atoms. The molecular formula is C31H49NO4. The monoisotopic (exact) mass is 499 g/mol. The van der Waals surface area contributed by atoms with Gasteiger partial charge in [0, 0.05) is 30.5 Å². The topological polar surface area (TPSA) is 73.2 Å². The summed E-state index contributed by atoms with van der Waals surface area (Å²) < 4.78 is 6.59. The maximum Gasteiger partial charge on any atom is 0.127 e. The standard InChI is InChI=1S/C31H49NO4/c1-6-7-8-9-14-30(2,3)22-17-26(34)29-24-16-21(27(35)20-32-15-10-11-23(33)19-32)12-13-25(24)31(4,5)36-28(29)18-22/h12,17-18,23-25,27,33-35H,6-11,13-16,19-20H2,1-5H3/t23?,24-,25-,27?/m1/s1. The first-order chi connectivity index (χ1) is 17.0. The molecule has 0 spiro atoms. The Bertz CT molecular complexity index is 937. The molecule has 0 saturated carbocycles. The number of ether oxygens (including phenoxy) is 1. The summed E-state index contributed by atoms with van der Waals surface area (Å²) in [5.41, 5.74) is 2.73. The van der Waals surface area contributed by atoms with E-state index in [0.717, 1.165) is 61.1 Å². The Morgan fingerprint density at radius 1 is 1.19 bits per heavy atom. The first-order valence-corrected chi connectivity index (χ1v) is 14.4. The highest BCUT2D eigenvalue weighted by Gasteiger charge is 2.47. The van der Waals surface area contributed by atoms with Gasteiger partial charge < -0.3 is 20.1 Å². The fraction of sp³-hybridized carbons (Fsp3) is 0.742.